The van der Waals surface area contributed by atoms with Gasteiger partial charge in [-0.2, -0.15) is 0 Å². The van der Waals surface area contributed by atoms with Gasteiger partial charge in [-0.05, 0) is 39.0 Å². The lowest BCUT2D eigenvalue weighted by molar-refractivity contribution is 0.0694. The molecule has 1 aromatic heterocycles. The third kappa shape index (κ3) is 3.08. The van der Waals surface area contributed by atoms with Gasteiger partial charge in [0.1, 0.15) is 11.3 Å². The first kappa shape index (κ1) is 12.1. The molecular formula is C12H18N2O3. The number of aromatic carboxylic acids is 1. The van der Waals surface area contributed by atoms with Crippen LogP contribution in [-0.4, -0.2) is 42.2 Å². The Morgan fingerprint density at radius 3 is 2.94 bits per heavy atom. The number of hydrogen-bond acceptors (Lipinski definition) is 4. The van der Waals surface area contributed by atoms with Gasteiger partial charge in [-0.1, -0.05) is 0 Å². The average molecular weight is 238 g/mol. The van der Waals surface area contributed by atoms with Crippen molar-refractivity contribution in [1.29, 1.82) is 0 Å². The molecule has 5 heteroatoms. The maximum absolute atomic E-state index is 10.9. The number of nitrogens with one attached hydrogen (secondary N) is 1. The van der Waals surface area contributed by atoms with Crippen LogP contribution in [0.15, 0.2) is 16.7 Å². The number of carboxylic acid groups (broad SMARTS) is 1. The highest BCUT2D eigenvalue weighted by molar-refractivity contribution is 5.88. The molecule has 0 aliphatic carbocycles. The number of carboxylic acids is 1. The number of furan rings is 1. The van der Waals surface area contributed by atoms with Gasteiger partial charge in [0.15, 0.2) is 0 Å². The van der Waals surface area contributed by atoms with E-state index < -0.39 is 5.97 Å². The van der Waals surface area contributed by atoms with E-state index in [1.807, 2.05) is 0 Å². The normalized spacial score (nSPS) is 18.4. The van der Waals surface area contributed by atoms with Crippen molar-refractivity contribution in [2.24, 2.45) is 0 Å². The number of nitrogens with zero attached hydrogens (tertiary/aromatic N) is 1. The predicted octanol–water partition coefficient (Wildman–Crippen LogP) is 1.16. The Hall–Kier alpha value is -1.33. The number of rotatable bonds is 4. The molecule has 1 saturated heterocycles. The Morgan fingerprint density at radius 2 is 2.29 bits per heavy atom. The van der Waals surface area contributed by atoms with Crippen molar-refractivity contribution in [2.45, 2.75) is 25.4 Å². The monoisotopic (exact) mass is 238 g/mol. The zero-order valence-electron chi connectivity index (χ0n) is 9.98. The second-order valence-electron chi connectivity index (χ2n) is 4.52. The van der Waals surface area contributed by atoms with E-state index in [4.69, 9.17) is 9.52 Å². The third-order valence-electron chi connectivity index (χ3n) is 3.25. The van der Waals surface area contributed by atoms with E-state index in [2.05, 4.69) is 17.3 Å². The van der Waals surface area contributed by atoms with Crippen molar-refractivity contribution in [3.63, 3.8) is 0 Å². The van der Waals surface area contributed by atoms with Crippen molar-refractivity contribution in [3.8, 4) is 0 Å². The largest absolute Gasteiger partial charge is 0.478 e. The van der Waals surface area contributed by atoms with E-state index in [1.54, 1.807) is 0 Å². The van der Waals surface area contributed by atoms with Gasteiger partial charge in [0.05, 0.1) is 12.8 Å². The highest BCUT2D eigenvalue weighted by Crippen LogP contribution is 2.13. The summed E-state index contributed by atoms with van der Waals surface area (Å²) in [6.07, 6.45) is 3.62. The van der Waals surface area contributed by atoms with E-state index in [0.717, 1.165) is 25.9 Å². The summed E-state index contributed by atoms with van der Waals surface area (Å²) in [6, 6.07) is 1.95. The van der Waals surface area contributed by atoms with Crippen molar-refractivity contribution in [1.82, 2.24) is 10.2 Å². The fourth-order valence-corrected chi connectivity index (χ4v) is 2.12. The molecular weight excluding hydrogens is 220 g/mol. The van der Waals surface area contributed by atoms with Crippen LogP contribution in [0, 0.1) is 0 Å². The summed E-state index contributed by atoms with van der Waals surface area (Å²) >= 11 is 0. The number of likely N-dealkylation sites (tertiary alicyclic amines) is 1. The van der Waals surface area contributed by atoms with Crippen molar-refractivity contribution in [2.75, 3.05) is 20.1 Å². The first-order chi connectivity index (χ1) is 8.16. The van der Waals surface area contributed by atoms with Gasteiger partial charge < -0.3 is 19.7 Å². The Bertz CT molecular complexity index is 381. The Morgan fingerprint density at radius 1 is 1.59 bits per heavy atom. The van der Waals surface area contributed by atoms with E-state index in [-0.39, 0.29) is 5.56 Å². The number of hydrogen-bond donors (Lipinski definition) is 2. The van der Waals surface area contributed by atoms with Crippen LogP contribution in [-0.2, 0) is 6.54 Å². The minimum absolute atomic E-state index is 0.255. The number of carbonyl (C=O) groups is 1. The lowest BCUT2D eigenvalue weighted by Crippen LogP contribution is -2.40. The van der Waals surface area contributed by atoms with Crippen LogP contribution in [0.1, 0.15) is 29.0 Å². The molecule has 17 heavy (non-hydrogen) atoms. The van der Waals surface area contributed by atoms with E-state index in [0.29, 0.717) is 18.3 Å². The molecule has 0 radical (unpaired) electrons. The highest BCUT2D eigenvalue weighted by atomic mass is 16.4. The fourth-order valence-electron chi connectivity index (χ4n) is 2.12. The fraction of sp³-hybridized carbons (Fsp3) is 0.583. The van der Waals surface area contributed by atoms with Crippen LogP contribution in [0.2, 0.25) is 0 Å². The van der Waals surface area contributed by atoms with E-state index >= 15 is 0 Å². The molecule has 0 amide bonds. The lowest BCUT2D eigenvalue weighted by atomic mass is 10.1. The smallest absolute Gasteiger partial charge is 0.339 e. The predicted molar refractivity (Wildman–Crippen MR) is 63.0 cm³/mol. The first-order valence-corrected chi connectivity index (χ1v) is 5.88. The quantitative estimate of drug-likeness (QED) is 0.824. The second-order valence-corrected chi connectivity index (χ2v) is 4.52. The molecule has 5 nitrogen and oxygen atoms in total. The summed E-state index contributed by atoms with van der Waals surface area (Å²) in [7, 11) is 2.12. The zero-order chi connectivity index (χ0) is 12.3. The number of piperidine rings is 1. The Kier molecular flexibility index (Phi) is 3.81. The summed E-state index contributed by atoms with van der Waals surface area (Å²) in [5, 5.41) is 12.3. The Labute approximate surface area is 100 Å². The molecule has 2 heterocycles. The second kappa shape index (κ2) is 5.33. The van der Waals surface area contributed by atoms with Crippen LogP contribution in [0.4, 0.5) is 0 Å². The molecule has 0 bridgehead atoms. The zero-order valence-corrected chi connectivity index (χ0v) is 9.98. The molecule has 0 atom stereocenters. The molecule has 0 spiro atoms. The summed E-state index contributed by atoms with van der Waals surface area (Å²) in [5.74, 6) is -0.421. The molecule has 2 rings (SSSR count). The van der Waals surface area contributed by atoms with Crippen LogP contribution >= 0.6 is 0 Å². The van der Waals surface area contributed by atoms with Gasteiger partial charge in [0.2, 0.25) is 0 Å². The van der Waals surface area contributed by atoms with Crippen molar-refractivity contribution >= 4 is 5.97 Å². The minimum Gasteiger partial charge on any atom is -0.478 e. The van der Waals surface area contributed by atoms with E-state index in [1.165, 1.54) is 12.3 Å². The molecule has 1 aromatic rings. The van der Waals surface area contributed by atoms with Gasteiger partial charge in [-0.3, -0.25) is 0 Å². The molecule has 2 N–H and O–H groups in total. The standard InChI is InChI=1S/C12H18N2O3/c1-14-5-2-9(3-6-14)13-8-11-10(12(15)16)4-7-17-11/h4,7,9,13H,2-3,5-6,8H2,1H3,(H,15,16). The topological polar surface area (TPSA) is 65.7 Å². The molecule has 0 aromatic carbocycles. The molecule has 0 saturated carbocycles. The van der Waals surface area contributed by atoms with Gasteiger partial charge in [-0.25, -0.2) is 4.79 Å². The maximum atomic E-state index is 10.9. The average Bonchev–Trinajstić information content (AvgIpc) is 2.76. The molecule has 94 valence electrons. The van der Waals surface area contributed by atoms with Crippen LogP contribution in [0.3, 0.4) is 0 Å². The van der Waals surface area contributed by atoms with Crippen LogP contribution in [0.5, 0.6) is 0 Å². The van der Waals surface area contributed by atoms with Crippen LogP contribution in [0.25, 0.3) is 0 Å². The van der Waals surface area contributed by atoms with Gasteiger partial charge in [0, 0.05) is 6.04 Å². The first-order valence-electron chi connectivity index (χ1n) is 5.88. The minimum atomic E-state index is -0.932. The summed E-state index contributed by atoms with van der Waals surface area (Å²) < 4.78 is 5.18. The molecule has 1 fully saturated rings. The molecule has 0 unspecified atom stereocenters. The van der Waals surface area contributed by atoms with E-state index in [9.17, 15) is 4.79 Å². The van der Waals surface area contributed by atoms with Crippen molar-refractivity contribution in [3.05, 3.63) is 23.7 Å². The van der Waals surface area contributed by atoms with Crippen molar-refractivity contribution < 1.29 is 14.3 Å². The summed E-state index contributed by atoms with van der Waals surface area (Å²) in [6.45, 7) is 2.66. The highest BCUT2D eigenvalue weighted by Gasteiger charge is 2.18. The summed E-state index contributed by atoms with van der Waals surface area (Å²) in [4.78, 5) is 13.2. The van der Waals surface area contributed by atoms with Gasteiger partial charge in [-0.15, -0.1) is 0 Å². The van der Waals surface area contributed by atoms with Gasteiger partial charge in [0.25, 0.3) is 0 Å². The molecule has 1 aliphatic heterocycles. The summed E-state index contributed by atoms with van der Waals surface area (Å²) in [5.41, 5.74) is 0.255. The SMILES string of the molecule is CN1CCC(NCc2occc2C(=O)O)CC1. The van der Waals surface area contributed by atoms with Crippen LogP contribution < -0.4 is 5.32 Å². The Balaban J connectivity index is 1.85. The van der Waals surface area contributed by atoms with Gasteiger partial charge >= 0.3 is 5.97 Å². The molecule has 1 aliphatic rings. The maximum Gasteiger partial charge on any atom is 0.339 e. The third-order valence-corrected chi connectivity index (χ3v) is 3.25. The lowest BCUT2D eigenvalue weighted by Gasteiger charge is -2.29.